The van der Waals surface area contributed by atoms with Gasteiger partial charge in [0.25, 0.3) is 0 Å². The average molecular weight is 536 g/mol. The summed E-state index contributed by atoms with van der Waals surface area (Å²) < 4.78 is 12.5. The van der Waals surface area contributed by atoms with E-state index in [1.165, 1.54) is 12.3 Å². The largest absolute Gasteiger partial charge is 0.486 e. The first-order valence-corrected chi connectivity index (χ1v) is 12.0. The summed E-state index contributed by atoms with van der Waals surface area (Å²) in [5.74, 6) is 0.234. The van der Waals surface area contributed by atoms with Gasteiger partial charge in [0.05, 0.1) is 35.7 Å². The summed E-state index contributed by atoms with van der Waals surface area (Å²) in [6, 6.07) is 13.5. The number of halogens is 1. The highest BCUT2D eigenvalue weighted by atomic mass is 79.9. The van der Waals surface area contributed by atoms with E-state index in [1.807, 2.05) is 43.3 Å². The van der Waals surface area contributed by atoms with Crippen LogP contribution in [0.2, 0.25) is 0 Å². The van der Waals surface area contributed by atoms with E-state index in [0.717, 1.165) is 16.6 Å². The number of amides is 1. The number of fused-ring (bicyclic) bond motifs is 1. The lowest BCUT2D eigenvalue weighted by molar-refractivity contribution is -0.111. The minimum atomic E-state index is -0.274. The summed E-state index contributed by atoms with van der Waals surface area (Å²) in [5.41, 5.74) is 2.93. The second-order valence-corrected chi connectivity index (χ2v) is 9.33. The van der Waals surface area contributed by atoms with E-state index < -0.39 is 0 Å². The summed E-state index contributed by atoms with van der Waals surface area (Å²) in [6.45, 7) is 1.77. The van der Waals surface area contributed by atoms with E-state index >= 15 is 0 Å². The molecule has 1 saturated heterocycles. The number of benzene rings is 2. The number of rotatable bonds is 8. The number of carbonyl (C=O) groups is 1. The lowest BCUT2D eigenvalue weighted by Crippen LogP contribution is -2.18. The topological polar surface area (TPSA) is 99.5 Å². The second-order valence-electron chi connectivity index (χ2n) is 8.42. The maximum Gasteiger partial charge on any atom is 0.248 e. The van der Waals surface area contributed by atoms with Crippen molar-refractivity contribution in [2.75, 3.05) is 44.5 Å². The Labute approximate surface area is 212 Å². The van der Waals surface area contributed by atoms with Crippen LogP contribution in [0.3, 0.4) is 0 Å². The van der Waals surface area contributed by atoms with Crippen molar-refractivity contribution >= 4 is 49.8 Å². The Morgan fingerprint density at radius 2 is 2.23 bits per heavy atom. The monoisotopic (exact) mass is 535 g/mol. The molecule has 0 bridgehead atoms. The number of carbonyl (C=O) groups excluding carboxylic acids is 1. The molecule has 35 heavy (non-hydrogen) atoms. The van der Waals surface area contributed by atoms with Gasteiger partial charge in [0.15, 0.2) is 0 Å². The third-order valence-corrected chi connectivity index (χ3v) is 5.86. The molecule has 1 aromatic heterocycles. The maximum absolute atomic E-state index is 12.7. The number of likely N-dealkylation sites (N-methyl/N-ethyl adjacent to an activating group) is 1. The van der Waals surface area contributed by atoms with E-state index in [2.05, 4.69) is 37.6 Å². The first kappa shape index (κ1) is 24.7. The molecular formula is C26H26BrN5O3. The summed E-state index contributed by atoms with van der Waals surface area (Å²) in [5, 5.41) is 16.7. The van der Waals surface area contributed by atoms with Crippen LogP contribution in [0.1, 0.15) is 12.0 Å². The van der Waals surface area contributed by atoms with Gasteiger partial charge in [-0.25, -0.2) is 0 Å². The smallest absolute Gasteiger partial charge is 0.248 e. The van der Waals surface area contributed by atoms with Gasteiger partial charge in [0.2, 0.25) is 5.91 Å². The molecule has 1 aliphatic rings. The molecule has 2 heterocycles. The first-order valence-electron chi connectivity index (χ1n) is 11.2. The fourth-order valence-electron chi connectivity index (χ4n) is 3.68. The quantitative estimate of drug-likeness (QED) is 0.398. The number of ether oxygens (including phenoxy) is 2. The number of anilines is 3. The van der Waals surface area contributed by atoms with Gasteiger partial charge in [0, 0.05) is 46.9 Å². The van der Waals surface area contributed by atoms with Gasteiger partial charge in [-0.05, 0) is 38.4 Å². The molecule has 3 aromatic rings. The van der Waals surface area contributed by atoms with Crippen molar-refractivity contribution < 1.29 is 14.3 Å². The summed E-state index contributed by atoms with van der Waals surface area (Å²) >= 11 is 3.48. The molecule has 2 aromatic carbocycles. The zero-order valence-corrected chi connectivity index (χ0v) is 21.1. The second kappa shape index (κ2) is 11.3. The van der Waals surface area contributed by atoms with Crippen molar-refractivity contribution in [3.8, 4) is 11.8 Å². The predicted octanol–water partition coefficient (Wildman–Crippen LogP) is 4.84. The molecule has 1 amide bonds. The van der Waals surface area contributed by atoms with E-state index in [-0.39, 0.29) is 12.0 Å². The van der Waals surface area contributed by atoms with E-state index in [0.29, 0.717) is 53.3 Å². The Bertz CT molecular complexity index is 1300. The molecule has 0 aliphatic carbocycles. The van der Waals surface area contributed by atoms with Crippen LogP contribution in [-0.2, 0) is 9.53 Å². The van der Waals surface area contributed by atoms with Gasteiger partial charge in [-0.3, -0.25) is 9.78 Å². The first-order chi connectivity index (χ1) is 16.9. The van der Waals surface area contributed by atoms with Gasteiger partial charge in [-0.2, -0.15) is 5.26 Å². The highest BCUT2D eigenvalue weighted by molar-refractivity contribution is 9.10. The fraction of sp³-hybridized carbons (Fsp3) is 0.269. The third kappa shape index (κ3) is 6.36. The minimum absolute atomic E-state index is 0.106. The summed E-state index contributed by atoms with van der Waals surface area (Å²) in [7, 11) is 3.86. The lowest BCUT2D eigenvalue weighted by atomic mass is 10.1. The normalized spacial score (nSPS) is 15.5. The highest BCUT2D eigenvalue weighted by Crippen LogP contribution is 2.37. The van der Waals surface area contributed by atoms with E-state index in [9.17, 15) is 10.1 Å². The molecule has 0 spiro atoms. The molecule has 180 valence electrons. The summed E-state index contributed by atoms with van der Waals surface area (Å²) in [6.07, 6.45) is 5.48. The van der Waals surface area contributed by atoms with Crippen LogP contribution in [0.5, 0.6) is 5.75 Å². The Morgan fingerprint density at radius 1 is 1.37 bits per heavy atom. The van der Waals surface area contributed by atoms with Crippen molar-refractivity contribution in [1.82, 2.24) is 9.88 Å². The molecule has 0 radical (unpaired) electrons. The van der Waals surface area contributed by atoms with Crippen LogP contribution in [0.25, 0.3) is 10.9 Å². The molecule has 1 fully saturated rings. The van der Waals surface area contributed by atoms with Gasteiger partial charge in [0.1, 0.15) is 17.9 Å². The van der Waals surface area contributed by atoms with Crippen molar-refractivity contribution in [2.45, 2.75) is 12.5 Å². The number of hydrogen-bond acceptors (Lipinski definition) is 7. The van der Waals surface area contributed by atoms with Gasteiger partial charge in [-0.1, -0.05) is 28.1 Å². The fourth-order valence-corrected chi connectivity index (χ4v) is 4.07. The number of nitrogens with one attached hydrogen (secondary N) is 2. The Morgan fingerprint density at radius 3 is 2.94 bits per heavy atom. The molecule has 1 aliphatic heterocycles. The van der Waals surface area contributed by atoms with Crippen LogP contribution in [-0.4, -0.2) is 55.7 Å². The van der Waals surface area contributed by atoms with E-state index in [1.54, 1.807) is 18.2 Å². The third-order valence-electron chi connectivity index (χ3n) is 5.36. The zero-order valence-electron chi connectivity index (χ0n) is 19.5. The molecule has 2 N–H and O–H groups in total. The zero-order chi connectivity index (χ0) is 24.8. The number of nitriles is 1. The SMILES string of the molecule is CN(C)C/C=C/C(=O)Nc1cc2c(Nc3cccc(Br)c3)c(C#N)cnc2cc1OC1CCOC1. The predicted molar refractivity (Wildman–Crippen MR) is 140 cm³/mol. The van der Waals surface area contributed by atoms with Crippen molar-refractivity contribution in [1.29, 1.82) is 5.26 Å². The number of nitrogens with zero attached hydrogens (tertiary/aromatic N) is 3. The highest BCUT2D eigenvalue weighted by Gasteiger charge is 2.21. The minimum Gasteiger partial charge on any atom is -0.486 e. The van der Waals surface area contributed by atoms with Crippen molar-refractivity contribution in [3.63, 3.8) is 0 Å². The number of hydrogen-bond donors (Lipinski definition) is 2. The number of pyridine rings is 1. The van der Waals surface area contributed by atoms with E-state index in [4.69, 9.17) is 9.47 Å². The van der Waals surface area contributed by atoms with Gasteiger partial charge < -0.3 is 25.0 Å². The van der Waals surface area contributed by atoms with Crippen LogP contribution in [0.15, 0.2) is 59.2 Å². The van der Waals surface area contributed by atoms with Gasteiger partial charge in [-0.15, -0.1) is 0 Å². The Hall–Kier alpha value is -3.45. The van der Waals surface area contributed by atoms with Gasteiger partial charge >= 0.3 is 0 Å². The molecule has 1 unspecified atom stereocenters. The molecule has 8 nitrogen and oxygen atoms in total. The molecule has 0 saturated carbocycles. The Kier molecular flexibility index (Phi) is 7.98. The van der Waals surface area contributed by atoms with Crippen LogP contribution < -0.4 is 15.4 Å². The molecule has 1 atom stereocenters. The molecule has 4 rings (SSSR count). The number of aromatic nitrogens is 1. The summed E-state index contributed by atoms with van der Waals surface area (Å²) in [4.78, 5) is 19.1. The lowest BCUT2D eigenvalue weighted by Gasteiger charge is -2.18. The Balaban J connectivity index is 1.76. The van der Waals surface area contributed by atoms with Crippen LogP contribution in [0.4, 0.5) is 17.1 Å². The van der Waals surface area contributed by atoms with Crippen molar-refractivity contribution in [2.24, 2.45) is 0 Å². The average Bonchev–Trinajstić information content (AvgIpc) is 3.33. The van der Waals surface area contributed by atoms with Crippen molar-refractivity contribution in [3.05, 3.63) is 64.8 Å². The maximum atomic E-state index is 12.7. The molecule has 9 heteroatoms. The standard InChI is InChI=1S/C26H26BrN5O3/c1-32(2)9-4-7-25(33)31-23-12-21-22(13-24(23)35-20-8-10-34-16-20)29-15-17(14-28)26(21)30-19-6-3-5-18(27)11-19/h3-7,11-13,15,20H,8-10,16H2,1-2H3,(H,29,30)(H,31,33)/b7-4+. The van der Waals surface area contributed by atoms with Crippen LogP contribution >= 0.6 is 15.9 Å². The van der Waals surface area contributed by atoms with Crippen LogP contribution in [0, 0.1) is 11.3 Å². The molecular weight excluding hydrogens is 510 g/mol.